The molecule has 0 aliphatic carbocycles. The molecule has 0 bridgehead atoms. The molecule has 0 saturated carbocycles. The Balaban J connectivity index is 1.33. The second kappa shape index (κ2) is 6.73. The molecule has 2 aromatic rings. The van der Waals surface area contributed by atoms with Gasteiger partial charge >= 0.3 is 0 Å². The van der Waals surface area contributed by atoms with E-state index in [1.54, 1.807) is 10.9 Å². The number of carbonyl (C=O) groups is 1. The quantitative estimate of drug-likeness (QED) is 0.835. The van der Waals surface area contributed by atoms with E-state index in [0.717, 1.165) is 32.5 Å². The minimum atomic E-state index is 0.0176. The number of hydrogen-bond donors (Lipinski definition) is 0. The summed E-state index contributed by atoms with van der Waals surface area (Å²) in [6.45, 7) is 4.76. The molecule has 1 aromatic carbocycles. The number of rotatable bonds is 5. The van der Waals surface area contributed by atoms with E-state index in [-0.39, 0.29) is 5.91 Å². The lowest BCUT2D eigenvalue weighted by atomic mass is 10.1. The summed E-state index contributed by atoms with van der Waals surface area (Å²) in [7, 11) is 0. The summed E-state index contributed by atoms with van der Waals surface area (Å²) < 4.78 is 1.77. The Bertz CT molecular complexity index is 694. The van der Waals surface area contributed by atoms with Gasteiger partial charge in [0.05, 0.1) is 6.20 Å². The van der Waals surface area contributed by atoms with Gasteiger partial charge in [-0.1, -0.05) is 35.5 Å². The Morgan fingerprint density at radius 1 is 1.17 bits per heavy atom. The number of amides is 1. The van der Waals surface area contributed by atoms with E-state index in [1.807, 2.05) is 23.1 Å². The summed E-state index contributed by atoms with van der Waals surface area (Å²) in [6, 6.07) is 10.8. The van der Waals surface area contributed by atoms with Crippen LogP contribution in [0.25, 0.3) is 0 Å². The second-order valence-corrected chi connectivity index (χ2v) is 6.69. The van der Waals surface area contributed by atoms with Crippen LogP contribution in [0.1, 0.15) is 28.9 Å². The van der Waals surface area contributed by atoms with Crippen molar-refractivity contribution < 1.29 is 4.79 Å². The van der Waals surface area contributed by atoms with Crippen molar-refractivity contribution in [2.75, 3.05) is 26.2 Å². The fraction of sp³-hybridized carbons (Fsp3) is 0.500. The third kappa shape index (κ3) is 3.19. The first-order valence-electron chi connectivity index (χ1n) is 8.77. The maximum Gasteiger partial charge on any atom is 0.276 e. The average Bonchev–Trinajstić information content (AvgIpc) is 3.21. The second-order valence-electron chi connectivity index (χ2n) is 6.69. The van der Waals surface area contributed by atoms with Crippen LogP contribution in [0.2, 0.25) is 0 Å². The molecule has 2 aliphatic heterocycles. The zero-order chi connectivity index (χ0) is 16.4. The number of hydrogen-bond acceptors (Lipinski definition) is 4. The molecule has 6 heteroatoms. The molecule has 2 aliphatic rings. The molecule has 0 spiro atoms. The van der Waals surface area contributed by atoms with E-state index in [2.05, 4.69) is 27.3 Å². The third-order valence-corrected chi connectivity index (χ3v) is 5.09. The van der Waals surface area contributed by atoms with Gasteiger partial charge in [-0.2, -0.15) is 0 Å². The lowest BCUT2D eigenvalue weighted by Gasteiger charge is -2.36. The molecular weight excluding hydrogens is 302 g/mol. The Morgan fingerprint density at radius 3 is 2.75 bits per heavy atom. The van der Waals surface area contributed by atoms with E-state index >= 15 is 0 Å². The molecule has 1 amide bonds. The van der Waals surface area contributed by atoms with Crippen LogP contribution in [0.5, 0.6) is 0 Å². The van der Waals surface area contributed by atoms with Gasteiger partial charge in [-0.15, -0.1) is 5.10 Å². The highest BCUT2D eigenvalue weighted by atomic mass is 16.2. The van der Waals surface area contributed by atoms with Crippen molar-refractivity contribution in [1.82, 2.24) is 24.8 Å². The van der Waals surface area contributed by atoms with Gasteiger partial charge in [0.1, 0.15) is 0 Å². The summed E-state index contributed by atoms with van der Waals surface area (Å²) >= 11 is 0. The molecule has 4 rings (SSSR count). The van der Waals surface area contributed by atoms with Crippen LogP contribution < -0.4 is 0 Å². The summed E-state index contributed by atoms with van der Waals surface area (Å²) in [4.78, 5) is 17.0. The number of aromatic nitrogens is 3. The molecule has 0 radical (unpaired) electrons. The number of benzene rings is 1. The molecule has 6 nitrogen and oxygen atoms in total. The fourth-order valence-electron chi connectivity index (χ4n) is 3.49. The van der Waals surface area contributed by atoms with Crippen LogP contribution >= 0.6 is 0 Å². The van der Waals surface area contributed by atoms with E-state index in [9.17, 15) is 4.79 Å². The lowest BCUT2D eigenvalue weighted by Crippen LogP contribution is -2.46. The monoisotopic (exact) mass is 325 g/mol. The SMILES string of the molecule is O=C(c1cn(CCc2ccccc2)nn1)N1CCC(N2CCC2)C1. The Hall–Kier alpha value is -2.21. The minimum Gasteiger partial charge on any atom is -0.336 e. The predicted molar refractivity (Wildman–Crippen MR) is 90.7 cm³/mol. The molecule has 1 unspecified atom stereocenters. The topological polar surface area (TPSA) is 54.3 Å². The molecule has 0 N–H and O–H groups in total. The highest BCUT2D eigenvalue weighted by Gasteiger charge is 2.33. The van der Waals surface area contributed by atoms with Crippen LogP contribution in [0.15, 0.2) is 36.5 Å². The molecule has 3 heterocycles. The fourth-order valence-corrected chi connectivity index (χ4v) is 3.49. The van der Waals surface area contributed by atoms with Crippen molar-refractivity contribution in [3.05, 3.63) is 47.8 Å². The van der Waals surface area contributed by atoms with Crippen molar-refractivity contribution >= 4 is 5.91 Å². The average molecular weight is 325 g/mol. The van der Waals surface area contributed by atoms with Crippen molar-refractivity contribution in [3.8, 4) is 0 Å². The number of likely N-dealkylation sites (tertiary alicyclic amines) is 2. The largest absolute Gasteiger partial charge is 0.336 e. The van der Waals surface area contributed by atoms with Gasteiger partial charge in [-0.25, -0.2) is 0 Å². The van der Waals surface area contributed by atoms with Crippen LogP contribution in [0, 0.1) is 0 Å². The first-order chi connectivity index (χ1) is 11.8. The van der Waals surface area contributed by atoms with Crippen LogP contribution in [-0.2, 0) is 13.0 Å². The summed E-state index contributed by atoms with van der Waals surface area (Å²) in [5, 5.41) is 8.20. The molecule has 2 fully saturated rings. The summed E-state index contributed by atoms with van der Waals surface area (Å²) in [5.74, 6) is 0.0176. The molecule has 24 heavy (non-hydrogen) atoms. The van der Waals surface area contributed by atoms with Crippen LogP contribution in [-0.4, -0.2) is 62.9 Å². The number of carbonyl (C=O) groups excluding carboxylic acids is 1. The third-order valence-electron chi connectivity index (χ3n) is 5.09. The summed E-state index contributed by atoms with van der Waals surface area (Å²) in [6.07, 6.45) is 5.04. The van der Waals surface area contributed by atoms with Crippen LogP contribution in [0.3, 0.4) is 0 Å². The zero-order valence-corrected chi connectivity index (χ0v) is 13.8. The van der Waals surface area contributed by atoms with Gasteiger partial charge in [0, 0.05) is 25.7 Å². The van der Waals surface area contributed by atoms with Gasteiger partial charge in [0.25, 0.3) is 5.91 Å². The molecule has 2 saturated heterocycles. The maximum absolute atomic E-state index is 12.6. The van der Waals surface area contributed by atoms with Gasteiger partial charge in [-0.05, 0) is 37.9 Å². The highest BCUT2D eigenvalue weighted by Crippen LogP contribution is 2.21. The van der Waals surface area contributed by atoms with E-state index in [4.69, 9.17) is 0 Å². The smallest absolute Gasteiger partial charge is 0.276 e. The minimum absolute atomic E-state index is 0.0176. The molecule has 1 aromatic heterocycles. The van der Waals surface area contributed by atoms with Gasteiger partial charge in [0.2, 0.25) is 0 Å². The van der Waals surface area contributed by atoms with Gasteiger partial charge < -0.3 is 4.90 Å². The lowest BCUT2D eigenvalue weighted by molar-refractivity contribution is 0.0746. The van der Waals surface area contributed by atoms with E-state index in [1.165, 1.54) is 25.1 Å². The molecule has 1 atom stereocenters. The van der Waals surface area contributed by atoms with E-state index < -0.39 is 0 Å². The van der Waals surface area contributed by atoms with Crippen molar-refractivity contribution in [1.29, 1.82) is 0 Å². The Kier molecular flexibility index (Phi) is 4.30. The maximum atomic E-state index is 12.6. The Morgan fingerprint density at radius 2 is 2.00 bits per heavy atom. The highest BCUT2D eigenvalue weighted by molar-refractivity contribution is 5.92. The Labute approximate surface area is 142 Å². The molecule has 126 valence electrons. The van der Waals surface area contributed by atoms with Gasteiger partial charge in [-0.3, -0.25) is 14.4 Å². The van der Waals surface area contributed by atoms with E-state index in [0.29, 0.717) is 11.7 Å². The standard InChI is InChI=1S/C18H23N5O/c24-18(22-11-8-16(13-22)21-9-4-10-21)17-14-23(20-19-17)12-7-15-5-2-1-3-6-15/h1-3,5-6,14,16H,4,7-13H2. The molecular formula is C18H23N5O. The van der Waals surface area contributed by atoms with Gasteiger partial charge in [0.15, 0.2) is 5.69 Å². The number of aryl methyl sites for hydroxylation is 2. The summed E-state index contributed by atoms with van der Waals surface area (Å²) in [5.41, 5.74) is 1.73. The van der Waals surface area contributed by atoms with Crippen molar-refractivity contribution in [3.63, 3.8) is 0 Å². The van der Waals surface area contributed by atoms with Crippen molar-refractivity contribution in [2.45, 2.75) is 31.8 Å². The first-order valence-corrected chi connectivity index (χ1v) is 8.77. The predicted octanol–water partition coefficient (Wildman–Crippen LogP) is 1.44. The first kappa shape index (κ1) is 15.3. The zero-order valence-electron chi connectivity index (χ0n) is 13.8. The van der Waals surface area contributed by atoms with Crippen LogP contribution in [0.4, 0.5) is 0 Å². The number of nitrogens with zero attached hydrogens (tertiary/aromatic N) is 5. The normalized spacial score (nSPS) is 21.0. The van der Waals surface area contributed by atoms with Crippen molar-refractivity contribution in [2.24, 2.45) is 0 Å².